The van der Waals surface area contributed by atoms with Crippen LogP contribution in [-0.4, -0.2) is 52.6 Å². The second-order valence-electron chi connectivity index (χ2n) is 8.64. The van der Waals surface area contributed by atoms with Crippen molar-refractivity contribution in [3.05, 3.63) is 47.3 Å². The van der Waals surface area contributed by atoms with Gasteiger partial charge in [0, 0.05) is 61.9 Å². The number of amides is 2. The van der Waals surface area contributed by atoms with E-state index in [2.05, 4.69) is 20.6 Å². The molecule has 2 amide bonds. The van der Waals surface area contributed by atoms with E-state index in [0.29, 0.717) is 48.6 Å². The van der Waals surface area contributed by atoms with E-state index >= 15 is 0 Å². The molecule has 8 nitrogen and oxygen atoms in total. The summed E-state index contributed by atoms with van der Waals surface area (Å²) in [4.78, 5) is 24.1. The van der Waals surface area contributed by atoms with Crippen LogP contribution in [-0.2, 0) is 12.6 Å². The summed E-state index contributed by atoms with van der Waals surface area (Å²) in [6, 6.07) is 1.61. The minimum absolute atomic E-state index is 0. The van der Waals surface area contributed by atoms with Crippen LogP contribution in [0.15, 0.2) is 24.5 Å². The number of rotatable bonds is 2. The van der Waals surface area contributed by atoms with E-state index in [4.69, 9.17) is 0 Å². The Morgan fingerprint density at radius 3 is 2.69 bits per heavy atom. The van der Waals surface area contributed by atoms with E-state index in [1.807, 2.05) is 11.8 Å². The number of imidazole rings is 1. The second kappa shape index (κ2) is 9.15. The van der Waals surface area contributed by atoms with Gasteiger partial charge in [0.05, 0.1) is 11.4 Å². The SMILES string of the molecule is Cc1cn2cc(NC(=O)N3CCc4c(N5CCN[C@@H](C)C5)cc(C(F)(F)F)nc43)c(F)cc2n1.Cl. The zero-order valence-electron chi connectivity index (χ0n) is 19.0. The molecular weight excluding hydrogens is 490 g/mol. The number of urea groups is 1. The zero-order chi connectivity index (χ0) is 24.2. The lowest BCUT2D eigenvalue weighted by Crippen LogP contribution is -2.49. The molecule has 1 atom stereocenters. The molecule has 3 aromatic heterocycles. The summed E-state index contributed by atoms with van der Waals surface area (Å²) in [5, 5.41) is 5.75. The fourth-order valence-corrected chi connectivity index (χ4v) is 4.53. The number of fused-ring (bicyclic) bond motifs is 2. The molecule has 0 spiro atoms. The highest BCUT2D eigenvalue weighted by atomic mass is 35.5. The molecule has 188 valence electrons. The number of alkyl halides is 3. The van der Waals surface area contributed by atoms with Crippen molar-refractivity contribution in [3.63, 3.8) is 0 Å². The van der Waals surface area contributed by atoms with Crippen LogP contribution in [0.25, 0.3) is 5.65 Å². The molecule has 0 bridgehead atoms. The number of nitrogens with one attached hydrogen (secondary N) is 2. The van der Waals surface area contributed by atoms with Gasteiger partial charge in [-0.3, -0.25) is 4.90 Å². The molecule has 2 aliphatic rings. The van der Waals surface area contributed by atoms with Gasteiger partial charge in [0.2, 0.25) is 0 Å². The van der Waals surface area contributed by atoms with Gasteiger partial charge in [0.25, 0.3) is 0 Å². The highest BCUT2D eigenvalue weighted by molar-refractivity contribution is 6.03. The van der Waals surface area contributed by atoms with Gasteiger partial charge in [0.15, 0.2) is 5.82 Å². The minimum atomic E-state index is -4.68. The van der Waals surface area contributed by atoms with Crippen LogP contribution in [0, 0.1) is 12.7 Å². The third kappa shape index (κ3) is 4.72. The molecule has 5 rings (SSSR count). The highest BCUT2D eigenvalue weighted by Crippen LogP contribution is 2.40. The lowest BCUT2D eigenvalue weighted by Gasteiger charge is -2.35. The number of aromatic nitrogens is 3. The molecule has 0 radical (unpaired) electrons. The predicted octanol–water partition coefficient (Wildman–Crippen LogP) is 4.01. The van der Waals surface area contributed by atoms with Crippen molar-refractivity contribution in [2.75, 3.05) is 41.3 Å². The van der Waals surface area contributed by atoms with E-state index in [0.717, 1.165) is 11.0 Å². The molecule has 5 heterocycles. The first kappa shape index (κ1) is 25.0. The number of hydrogen-bond acceptors (Lipinski definition) is 5. The Bertz CT molecular complexity index is 1280. The Morgan fingerprint density at radius 2 is 1.97 bits per heavy atom. The third-order valence-corrected chi connectivity index (χ3v) is 6.07. The molecule has 1 saturated heterocycles. The van der Waals surface area contributed by atoms with Crippen molar-refractivity contribution >= 4 is 41.3 Å². The average Bonchev–Trinajstić information content (AvgIpc) is 3.35. The van der Waals surface area contributed by atoms with E-state index in [1.54, 1.807) is 17.5 Å². The number of anilines is 3. The monoisotopic (exact) mass is 513 g/mol. The van der Waals surface area contributed by atoms with Gasteiger partial charge in [-0.05, 0) is 26.3 Å². The summed E-state index contributed by atoms with van der Waals surface area (Å²) in [5.41, 5.74) is 0.905. The Labute approximate surface area is 204 Å². The predicted molar refractivity (Wildman–Crippen MR) is 126 cm³/mol. The van der Waals surface area contributed by atoms with Crippen LogP contribution in [0.5, 0.6) is 0 Å². The van der Waals surface area contributed by atoms with Crippen molar-refractivity contribution in [1.29, 1.82) is 0 Å². The number of piperazine rings is 1. The molecule has 13 heteroatoms. The second-order valence-corrected chi connectivity index (χ2v) is 8.64. The Morgan fingerprint density at radius 1 is 1.20 bits per heavy atom. The lowest BCUT2D eigenvalue weighted by atomic mass is 10.1. The van der Waals surface area contributed by atoms with E-state index in [1.165, 1.54) is 12.3 Å². The smallest absolute Gasteiger partial charge is 0.368 e. The average molecular weight is 514 g/mol. The van der Waals surface area contributed by atoms with Crippen molar-refractivity contribution in [1.82, 2.24) is 19.7 Å². The van der Waals surface area contributed by atoms with Crippen LogP contribution in [0.1, 0.15) is 23.9 Å². The number of pyridine rings is 2. The summed E-state index contributed by atoms with van der Waals surface area (Å²) in [6.45, 7) is 5.57. The molecule has 0 aliphatic carbocycles. The van der Waals surface area contributed by atoms with Crippen LogP contribution >= 0.6 is 12.4 Å². The van der Waals surface area contributed by atoms with Crippen molar-refractivity contribution in [3.8, 4) is 0 Å². The normalized spacial score (nSPS) is 17.9. The molecule has 35 heavy (non-hydrogen) atoms. The summed E-state index contributed by atoms with van der Waals surface area (Å²) in [7, 11) is 0. The van der Waals surface area contributed by atoms with Gasteiger partial charge in [-0.15, -0.1) is 12.4 Å². The standard InChI is InChI=1S/C22H23F4N7O.ClH/c1-12-9-31(6-4-27-12)17-8-18(22(24,25)26)30-20-14(17)3-5-33(20)21(34)29-16-11-32-10-13(2)28-19(32)7-15(16)23;/h7-8,10-12,27H,3-6,9H2,1-2H3,(H,29,34);1H/t12-;/m0./s1. The zero-order valence-corrected chi connectivity index (χ0v) is 19.8. The van der Waals surface area contributed by atoms with Crippen LogP contribution in [0.4, 0.5) is 39.5 Å². The molecule has 2 aliphatic heterocycles. The van der Waals surface area contributed by atoms with Crippen LogP contribution in [0.3, 0.4) is 0 Å². The largest absolute Gasteiger partial charge is 0.433 e. The van der Waals surface area contributed by atoms with Crippen LogP contribution in [0.2, 0.25) is 0 Å². The quantitative estimate of drug-likeness (QED) is 0.506. The Balaban J connectivity index is 0.00000289. The number of hydrogen-bond donors (Lipinski definition) is 2. The third-order valence-electron chi connectivity index (χ3n) is 6.07. The summed E-state index contributed by atoms with van der Waals surface area (Å²) < 4.78 is 57.2. The van der Waals surface area contributed by atoms with Crippen molar-refractivity contribution in [2.45, 2.75) is 32.5 Å². The lowest BCUT2D eigenvalue weighted by molar-refractivity contribution is -0.141. The van der Waals surface area contributed by atoms with Gasteiger partial charge in [0.1, 0.15) is 17.2 Å². The number of halogens is 5. The van der Waals surface area contributed by atoms with Gasteiger partial charge in [-0.25, -0.2) is 19.2 Å². The topological polar surface area (TPSA) is 77.8 Å². The first-order chi connectivity index (χ1) is 16.1. The van der Waals surface area contributed by atoms with Crippen LogP contribution < -0.4 is 20.4 Å². The molecule has 0 saturated carbocycles. The minimum Gasteiger partial charge on any atom is -0.368 e. The van der Waals surface area contributed by atoms with E-state index in [9.17, 15) is 22.4 Å². The van der Waals surface area contributed by atoms with Gasteiger partial charge >= 0.3 is 12.2 Å². The number of aryl methyl sites for hydroxylation is 1. The van der Waals surface area contributed by atoms with E-state index < -0.39 is 23.7 Å². The van der Waals surface area contributed by atoms with E-state index in [-0.39, 0.29) is 36.5 Å². The molecule has 2 N–H and O–H groups in total. The summed E-state index contributed by atoms with van der Waals surface area (Å²) >= 11 is 0. The number of nitrogens with zero attached hydrogens (tertiary/aromatic N) is 5. The summed E-state index contributed by atoms with van der Waals surface area (Å²) in [6.07, 6.45) is -1.27. The first-order valence-electron chi connectivity index (χ1n) is 10.9. The highest BCUT2D eigenvalue weighted by Gasteiger charge is 2.39. The van der Waals surface area contributed by atoms with Crippen molar-refractivity contribution < 1.29 is 22.4 Å². The van der Waals surface area contributed by atoms with Gasteiger partial charge in [-0.1, -0.05) is 0 Å². The number of carbonyl (C=O) groups is 1. The Kier molecular flexibility index (Phi) is 6.54. The molecule has 0 unspecified atom stereocenters. The maximum Gasteiger partial charge on any atom is 0.433 e. The maximum atomic E-state index is 14.6. The van der Waals surface area contributed by atoms with Gasteiger partial charge < -0.3 is 19.9 Å². The first-order valence-corrected chi connectivity index (χ1v) is 10.9. The molecule has 3 aromatic rings. The Hall–Kier alpha value is -3.12. The molecule has 0 aromatic carbocycles. The van der Waals surface area contributed by atoms with Crippen molar-refractivity contribution in [2.24, 2.45) is 0 Å². The summed E-state index contributed by atoms with van der Waals surface area (Å²) in [5.74, 6) is -0.744. The fourth-order valence-electron chi connectivity index (χ4n) is 4.53. The molecular formula is C22H24ClF4N7O. The maximum absolute atomic E-state index is 14.6. The fraction of sp³-hybridized carbons (Fsp3) is 0.409. The molecule has 1 fully saturated rings. The van der Waals surface area contributed by atoms with Gasteiger partial charge in [-0.2, -0.15) is 13.2 Å². The number of carbonyl (C=O) groups excluding carboxylic acids is 1.